The molecule has 1 aromatic rings. The van der Waals surface area contributed by atoms with Crippen LogP contribution < -0.4 is 5.32 Å². The van der Waals surface area contributed by atoms with Gasteiger partial charge in [-0.25, -0.2) is 17.1 Å². The Kier molecular flexibility index (Phi) is 8.85. The van der Waals surface area contributed by atoms with E-state index in [1.165, 1.54) is 16.4 Å². The van der Waals surface area contributed by atoms with Gasteiger partial charge in [0.1, 0.15) is 5.82 Å². The molecule has 0 bridgehead atoms. The maximum Gasteiger partial charge on any atom is 0.215 e. The number of benzene rings is 1. The molecule has 0 aliphatic rings. The van der Waals surface area contributed by atoms with E-state index in [4.69, 9.17) is 0 Å². The zero-order valence-corrected chi connectivity index (χ0v) is 16.3. The smallest absolute Gasteiger partial charge is 0.215 e. The zero-order valence-electron chi connectivity index (χ0n) is 15.5. The molecule has 0 atom stereocenters. The van der Waals surface area contributed by atoms with Crippen LogP contribution in [0.2, 0.25) is 0 Å². The summed E-state index contributed by atoms with van der Waals surface area (Å²) in [5, 5.41) is 3.13. The third kappa shape index (κ3) is 6.99. The number of nitrogens with zero attached hydrogens (tertiary/aromatic N) is 3. The largest absolute Gasteiger partial charge is 0.357 e. The van der Waals surface area contributed by atoms with Crippen molar-refractivity contribution in [3.8, 4) is 0 Å². The highest BCUT2D eigenvalue weighted by atomic mass is 32.2. The zero-order chi connectivity index (χ0) is 18.9. The molecule has 0 spiro atoms. The molecule has 0 unspecified atom stereocenters. The Morgan fingerprint density at radius 3 is 2.48 bits per heavy atom. The lowest BCUT2D eigenvalue weighted by atomic mass is 10.2. The van der Waals surface area contributed by atoms with Crippen molar-refractivity contribution < 1.29 is 12.8 Å². The number of halogens is 1. The number of hydrogen-bond acceptors (Lipinski definition) is 3. The van der Waals surface area contributed by atoms with Gasteiger partial charge in [-0.3, -0.25) is 4.99 Å². The predicted octanol–water partition coefficient (Wildman–Crippen LogP) is 1.89. The Labute approximate surface area is 150 Å². The third-order valence-electron chi connectivity index (χ3n) is 3.71. The van der Waals surface area contributed by atoms with E-state index < -0.39 is 10.0 Å². The minimum Gasteiger partial charge on any atom is -0.357 e. The molecule has 1 N–H and O–H groups in total. The molecule has 0 aliphatic carbocycles. The van der Waals surface area contributed by atoms with Crippen molar-refractivity contribution in [2.75, 3.05) is 39.0 Å². The Bertz CT molecular complexity index is 660. The highest BCUT2D eigenvalue weighted by molar-refractivity contribution is 7.89. The minimum absolute atomic E-state index is 0.0304. The minimum atomic E-state index is -3.29. The van der Waals surface area contributed by atoms with Gasteiger partial charge in [-0.15, -0.1) is 0 Å². The molecule has 0 aromatic heterocycles. The van der Waals surface area contributed by atoms with Crippen LogP contribution in [0.1, 0.15) is 26.3 Å². The van der Waals surface area contributed by atoms with E-state index in [0.29, 0.717) is 32.1 Å². The fourth-order valence-electron chi connectivity index (χ4n) is 2.47. The number of guanidine groups is 1. The van der Waals surface area contributed by atoms with E-state index >= 15 is 0 Å². The molecular weight excluding hydrogens is 343 g/mol. The normalized spacial score (nSPS) is 12.5. The van der Waals surface area contributed by atoms with Crippen LogP contribution in [0, 0.1) is 5.82 Å². The monoisotopic (exact) mass is 372 g/mol. The molecule has 0 radical (unpaired) electrons. The molecule has 1 rings (SSSR count). The molecule has 25 heavy (non-hydrogen) atoms. The van der Waals surface area contributed by atoms with Crippen LogP contribution in [-0.2, 0) is 16.6 Å². The summed E-state index contributed by atoms with van der Waals surface area (Å²) >= 11 is 0. The molecular formula is C17H29FN4O2S. The molecule has 6 nitrogen and oxygen atoms in total. The van der Waals surface area contributed by atoms with Gasteiger partial charge < -0.3 is 10.2 Å². The van der Waals surface area contributed by atoms with Gasteiger partial charge in [0.2, 0.25) is 10.0 Å². The van der Waals surface area contributed by atoms with Gasteiger partial charge in [-0.1, -0.05) is 26.0 Å². The fraction of sp³-hybridized carbons (Fsp3) is 0.588. The Morgan fingerprint density at radius 2 is 1.92 bits per heavy atom. The van der Waals surface area contributed by atoms with E-state index in [1.807, 2.05) is 38.8 Å². The molecule has 0 fully saturated rings. The van der Waals surface area contributed by atoms with Crippen molar-refractivity contribution in [2.45, 2.75) is 27.3 Å². The van der Waals surface area contributed by atoms with Gasteiger partial charge in [0.15, 0.2) is 5.96 Å². The summed E-state index contributed by atoms with van der Waals surface area (Å²) in [5.41, 5.74) is 0.823. The second kappa shape index (κ2) is 10.4. The van der Waals surface area contributed by atoms with Crippen molar-refractivity contribution in [3.05, 3.63) is 35.6 Å². The second-order valence-electron chi connectivity index (χ2n) is 5.62. The summed E-state index contributed by atoms with van der Waals surface area (Å²) in [6, 6.07) is 6.39. The van der Waals surface area contributed by atoms with Crippen molar-refractivity contribution in [1.29, 1.82) is 0 Å². The molecule has 1 aromatic carbocycles. The lowest BCUT2D eigenvalue weighted by molar-refractivity contribution is 0.445. The van der Waals surface area contributed by atoms with Crippen LogP contribution in [0.3, 0.4) is 0 Å². The van der Waals surface area contributed by atoms with Gasteiger partial charge in [0, 0.05) is 33.2 Å². The SMILES string of the molecule is CCNC(=NCCS(=O)(=O)N(CC)CC)N(C)Cc1cccc(F)c1. The summed E-state index contributed by atoms with van der Waals surface area (Å²) in [6.45, 7) is 7.82. The Hall–Kier alpha value is -1.67. The summed E-state index contributed by atoms with van der Waals surface area (Å²) in [5.74, 6) is 0.289. The van der Waals surface area contributed by atoms with Crippen LogP contribution in [0.4, 0.5) is 4.39 Å². The highest BCUT2D eigenvalue weighted by Crippen LogP contribution is 2.07. The standard InChI is InChI=1S/C17H29FN4O2S/c1-5-19-17(20-11-12-25(23,24)22(6-2)7-3)21(4)14-15-9-8-10-16(18)13-15/h8-10,13H,5-7,11-12,14H2,1-4H3,(H,19,20). The molecule has 0 saturated carbocycles. The third-order valence-corrected chi connectivity index (χ3v) is 5.72. The first-order valence-electron chi connectivity index (χ1n) is 8.55. The van der Waals surface area contributed by atoms with Gasteiger partial charge in [-0.2, -0.15) is 0 Å². The van der Waals surface area contributed by atoms with E-state index in [1.54, 1.807) is 6.07 Å². The molecule has 0 heterocycles. The number of sulfonamides is 1. The summed E-state index contributed by atoms with van der Waals surface area (Å²) < 4.78 is 39.2. The van der Waals surface area contributed by atoms with Gasteiger partial charge >= 0.3 is 0 Å². The average Bonchev–Trinajstić information content (AvgIpc) is 2.54. The highest BCUT2D eigenvalue weighted by Gasteiger charge is 2.18. The Balaban J connectivity index is 2.76. The maximum atomic E-state index is 13.3. The van der Waals surface area contributed by atoms with Gasteiger partial charge in [-0.05, 0) is 24.6 Å². The van der Waals surface area contributed by atoms with Crippen LogP contribution in [-0.4, -0.2) is 62.6 Å². The van der Waals surface area contributed by atoms with E-state index in [2.05, 4.69) is 10.3 Å². The second-order valence-corrected chi connectivity index (χ2v) is 7.71. The van der Waals surface area contributed by atoms with Crippen LogP contribution in [0.15, 0.2) is 29.3 Å². The van der Waals surface area contributed by atoms with Crippen molar-refractivity contribution >= 4 is 16.0 Å². The molecule has 0 amide bonds. The fourth-order valence-corrected chi connectivity index (χ4v) is 3.83. The Morgan fingerprint density at radius 1 is 1.24 bits per heavy atom. The maximum absolute atomic E-state index is 13.3. The number of nitrogens with one attached hydrogen (secondary N) is 1. The number of hydrogen-bond donors (Lipinski definition) is 1. The van der Waals surface area contributed by atoms with Crippen LogP contribution in [0.5, 0.6) is 0 Å². The summed E-state index contributed by atoms with van der Waals surface area (Å²) in [4.78, 5) is 6.25. The van der Waals surface area contributed by atoms with Crippen molar-refractivity contribution in [3.63, 3.8) is 0 Å². The van der Waals surface area contributed by atoms with Gasteiger partial charge in [0.25, 0.3) is 0 Å². The molecule has 0 aliphatic heterocycles. The first-order chi connectivity index (χ1) is 11.8. The molecule has 8 heteroatoms. The molecule has 142 valence electrons. The molecule has 0 saturated heterocycles. The number of rotatable bonds is 9. The van der Waals surface area contributed by atoms with E-state index in [0.717, 1.165) is 5.56 Å². The quantitative estimate of drug-likeness (QED) is 0.531. The summed E-state index contributed by atoms with van der Waals surface area (Å²) in [7, 11) is -1.45. The van der Waals surface area contributed by atoms with Crippen molar-refractivity contribution in [2.24, 2.45) is 4.99 Å². The van der Waals surface area contributed by atoms with E-state index in [9.17, 15) is 12.8 Å². The summed E-state index contributed by atoms with van der Waals surface area (Å²) in [6.07, 6.45) is 0. The van der Waals surface area contributed by atoms with E-state index in [-0.39, 0.29) is 18.1 Å². The van der Waals surface area contributed by atoms with Crippen LogP contribution in [0.25, 0.3) is 0 Å². The van der Waals surface area contributed by atoms with Crippen LogP contribution >= 0.6 is 0 Å². The van der Waals surface area contributed by atoms with Crippen molar-refractivity contribution in [1.82, 2.24) is 14.5 Å². The topological polar surface area (TPSA) is 65.0 Å². The predicted molar refractivity (Wildman–Crippen MR) is 101 cm³/mol. The lowest BCUT2D eigenvalue weighted by Gasteiger charge is -2.22. The average molecular weight is 373 g/mol. The first kappa shape index (κ1) is 21.4. The number of aliphatic imine (C=N–C) groups is 1. The lowest BCUT2D eigenvalue weighted by Crippen LogP contribution is -2.39. The van der Waals surface area contributed by atoms with Gasteiger partial charge in [0.05, 0.1) is 12.3 Å². The first-order valence-corrected chi connectivity index (χ1v) is 10.2.